The molecule has 2 atom stereocenters. The van der Waals surface area contributed by atoms with Gasteiger partial charge in [0.2, 0.25) is 5.75 Å². The van der Waals surface area contributed by atoms with Gasteiger partial charge in [0.15, 0.2) is 11.5 Å². The minimum atomic E-state index is -0.812. The van der Waals surface area contributed by atoms with E-state index in [1.807, 2.05) is 29.2 Å². The van der Waals surface area contributed by atoms with E-state index in [-0.39, 0.29) is 6.04 Å². The van der Waals surface area contributed by atoms with Crippen molar-refractivity contribution in [2.45, 2.75) is 31.3 Å². The molecule has 1 N–H and O–H groups in total. The molecule has 2 heterocycles. The first kappa shape index (κ1) is 19.9. The summed E-state index contributed by atoms with van der Waals surface area (Å²) in [6, 6.07) is 6.64. The van der Waals surface area contributed by atoms with E-state index < -0.39 is 12.0 Å². The summed E-state index contributed by atoms with van der Waals surface area (Å²) < 4.78 is 16.6. The van der Waals surface area contributed by atoms with E-state index in [1.54, 1.807) is 33.7 Å². The maximum Gasteiger partial charge on any atom is 0.320 e. The van der Waals surface area contributed by atoms with Gasteiger partial charge in [-0.1, -0.05) is 12.5 Å². The molecule has 0 radical (unpaired) electrons. The minimum Gasteiger partial charge on any atom is -0.493 e. The number of likely N-dealkylation sites (tertiary alicyclic amines) is 1. The molecule has 7 heteroatoms. The molecular weight excluding hydrogens is 360 g/mol. The Bertz CT molecular complexity index is 812. The number of ether oxygens (including phenoxy) is 3. The zero-order valence-corrected chi connectivity index (χ0v) is 16.4. The smallest absolute Gasteiger partial charge is 0.320 e. The number of carboxylic acids is 1. The number of pyridine rings is 1. The van der Waals surface area contributed by atoms with E-state index >= 15 is 0 Å². The van der Waals surface area contributed by atoms with E-state index in [0.717, 1.165) is 24.0 Å². The summed E-state index contributed by atoms with van der Waals surface area (Å²) in [5.41, 5.74) is 1.72. The molecule has 2 aromatic rings. The number of methoxy groups -OCH3 is 3. The van der Waals surface area contributed by atoms with Gasteiger partial charge in [0.25, 0.3) is 0 Å². The molecule has 0 saturated carbocycles. The summed E-state index contributed by atoms with van der Waals surface area (Å²) in [6.07, 6.45) is 5.93. The van der Waals surface area contributed by atoms with Crippen molar-refractivity contribution in [2.75, 3.05) is 27.9 Å². The fourth-order valence-corrected chi connectivity index (χ4v) is 3.96. The van der Waals surface area contributed by atoms with E-state index in [1.165, 1.54) is 0 Å². The predicted octanol–water partition coefficient (Wildman–Crippen LogP) is 3.14. The molecule has 2 unspecified atom stereocenters. The molecule has 0 spiro atoms. The van der Waals surface area contributed by atoms with Crippen molar-refractivity contribution in [3.63, 3.8) is 0 Å². The first-order valence-electron chi connectivity index (χ1n) is 9.29. The van der Waals surface area contributed by atoms with Crippen LogP contribution in [0.3, 0.4) is 0 Å². The van der Waals surface area contributed by atoms with Crippen LogP contribution in [0, 0.1) is 0 Å². The number of piperidine rings is 1. The topological polar surface area (TPSA) is 81.1 Å². The largest absolute Gasteiger partial charge is 0.493 e. The minimum absolute atomic E-state index is 0.329. The zero-order chi connectivity index (χ0) is 20.1. The van der Waals surface area contributed by atoms with Crippen LogP contribution in [0.4, 0.5) is 0 Å². The van der Waals surface area contributed by atoms with Crippen LogP contribution in [-0.4, -0.2) is 54.9 Å². The van der Waals surface area contributed by atoms with Gasteiger partial charge in [0, 0.05) is 18.0 Å². The first-order valence-corrected chi connectivity index (χ1v) is 9.29. The molecule has 1 aliphatic heterocycles. The van der Waals surface area contributed by atoms with Crippen LogP contribution in [-0.2, 0) is 4.79 Å². The van der Waals surface area contributed by atoms with Gasteiger partial charge in [-0.25, -0.2) is 0 Å². The summed E-state index contributed by atoms with van der Waals surface area (Å²) in [4.78, 5) is 18.3. The Morgan fingerprint density at radius 1 is 1.14 bits per heavy atom. The molecule has 1 fully saturated rings. The quantitative estimate of drug-likeness (QED) is 0.783. The Morgan fingerprint density at radius 2 is 1.93 bits per heavy atom. The molecule has 1 aromatic carbocycles. The van der Waals surface area contributed by atoms with Crippen molar-refractivity contribution in [3.8, 4) is 17.2 Å². The van der Waals surface area contributed by atoms with Gasteiger partial charge in [-0.15, -0.1) is 0 Å². The highest BCUT2D eigenvalue weighted by Gasteiger charge is 2.37. The van der Waals surface area contributed by atoms with Gasteiger partial charge in [0.05, 0.1) is 27.4 Å². The second-order valence-electron chi connectivity index (χ2n) is 6.70. The highest BCUT2D eigenvalue weighted by molar-refractivity contribution is 5.74. The molecule has 0 aliphatic carbocycles. The fourth-order valence-electron chi connectivity index (χ4n) is 3.96. The number of hydrogen-bond donors (Lipinski definition) is 1. The molecule has 1 aliphatic rings. The third-order valence-corrected chi connectivity index (χ3v) is 5.19. The predicted molar refractivity (Wildman–Crippen MR) is 104 cm³/mol. The average Bonchev–Trinajstić information content (AvgIpc) is 2.74. The van der Waals surface area contributed by atoms with Gasteiger partial charge in [-0.05, 0) is 43.1 Å². The maximum atomic E-state index is 12.0. The van der Waals surface area contributed by atoms with Crippen molar-refractivity contribution in [2.24, 2.45) is 0 Å². The number of aliphatic carboxylic acids is 1. The number of aromatic nitrogens is 1. The molecule has 0 bridgehead atoms. The van der Waals surface area contributed by atoms with E-state index in [2.05, 4.69) is 4.98 Å². The fraction of sp³-hybridized carbons (Fsp3) is 0.429. The number of benzene rings is 1. The maximum absolute atomic E-state index is 12.0. The lowest BCUT2D eigenvalue weighted by Crippen LogP contribution is -2.47. The summed E-state index contributed by atoms with van der Waals surface area (Å²) in [7, 11) is 4.71. The summed E-state index contributed by atoms with van der Waals surface area (Å²) in [5.74, 6) is 0.764. The van der Waals surface area contributed by atoms with Crippen molar-refractivity contribution >= 4 is 5.97 Å². The van der Waals surface area contributed by atoms with Crippen molar-refractivity contribution in [3.05, 3.63) is 47.8 Å². The van der Waals surface area contributed by atoms with E-state index in [4.69, 9.17) is 14.2 Å². The Labute approximate surface area is 164 Å². The number of carboxylic acid groups (broad SMARTS) is 1. The van der Waals surface area contributed by atoms with Gasteiger partial charge >= 0.3 is 5.97 Å². The van der Waals surface area contributed by atoms with Gasteiger partial charge in [-0.3, -0.25) is 14.7 Å². The van der Waals surface area contributed by atoms with Crippen molar-refractivity contribution in [1.82, 2.24) is 9.88 Å². The van der Waals surface area contributed by atoms with Crippen LogP contribution in [0.2, 0.25) is 0 Å². The first-order chi connectivity index (χ1) is 13.6. The number of rotatable bonds is 7. The molecule has 28 heavy (non-hydrogen) atoms. The van der Waals surface area contributed by atoms with Crippen molar-refractivity contribution in [1.29, 1.82) is 0 Å². The van der Waals surface area contributed by atoms with Gasteiger partial charge in [0.1, 0.15) is 6.04 Å². The highest BCUT2D eigenvalue weighted by Crippen LogP contribution is 2.46. The Kier molecular flexibility index (Phi) is 6.36. The molecule has 3 rings (SSSR count). The van der Waals surface area contributed by atoms with Crippen LogP contribution in [0.15, 0.2) is 36.7 Å². The molecule has 1 saturated heterocycles. The monoisotopic (exact) mass is 386 g/mol. The lowest BCUT2D eigenvalue weighted by atomic mass is 9.91. The summed E-state index contributed by atoms with van der Waals surface area (Å²) >= 11 is 0. The normalized spacial score (nSPS) is 18.3. The van der Waals surface area contributed by atoms with Gasteiger partial charge in [-0.2, -0.15) is 0 Å². The van der Waals surface area contributed by atoms with Gasteiger partial charge < -0.3 is 19.3 Å². The lowest BCUT2D eigenvalue weighted by Gasteiger charge is -2.40. The van der Waals surface area contributed by atoms with Crippen LogP contribution < -0.4 is 14.2 Å². The van der Waals surface area contributed by atoms with Crippen LogP contribution in [0.1, 0.15) is 36.4 Å². The molecule has 150 valence electrons. The van der Waals surface area contributed by atoms with Crippen LogP contribution >= 0.6 is 0 Å². The number of carbonyl (C=O) groups is 1. The zero-order valence-electron chi connectivity index (χ0n) is 16.4. The number of nitrogens with zero attached hydrogens (tertiary/aromatic N) is 2. The Balaban J connectivity index is 2.19. The van der Waals surface area contributed by atoms with E-state index in [0.29, 0.717) is 30.2 Å². The molecule has 7 nitrogen and oxygen atoms in total. The van der Waals surface area contributed by atoms with Crippen molar-refractivity contribution < 1.29 is 24.1 Å². The average molecular weight is 386 g/mol. The lowest BCUT2D eigenvalue weighted by molar-refractivity contribution is -0.145. The second-order valence-corrected chi connectivity index (χ2v) is 6.70. The standard InChI is InChI=1S/C21H26N2O5/c1-26-17-10-9-15(19(27-2)20(17)28-3)18(14-7-6-11-22-13-14)23-12-5-4-8-16(23)21(24)25/h6-7,9-11,13,16,18H,4-5,8,12H2,1-3H3,(H,24,25). The molecule has 1 aromatic heterocycles. The third-order valence-electron chi connectivity index (χ3n) is 5.19. The number of hydrogen-bond acceptors (Lipinski definition) is 6. The Hall–Kier alpha value is -2.80. The van der Waals surface area contributed by atoms with Crippen LogP contribution in [0.25, 0.3) is 0 Å². The van der Waals surface area contributed by atoms with Crippen LogP contribution in [0.5, 0.6) is 17.2 Å². The van der Waals surface area contributed by atoms with E-state index in [9.17, 15) is 9.90 Å². The molecule has 0 amide bonds. The second kappa shape index (κ2) is 8.93. The third kappa shape index (κ3) is 3.75. The Morgan fingerprint density at radius 3 is 2.54 bits per heavy atom. The molecular formula is C21H26N2O5. The SMILES string of the molecule is COc1ccc(C(c2cccnc2)N2CCCCC2C(=O)O)c(OC)c1OC. The highest BCUT2D eigenvalue weighted by atomic mass is 16.5. The summed E-state index contributed by atoms with van der Waals surface area (Å²) in [5, 5.41) is 9.83. The summed E-state index contributed by atoms with van der Waals surface area (Å²) in [6.45, 7) is 0.675.